The van der Waals surface area contributed by atoms with Crippen molar-refractivity contribution in [3.63, 3.8) is 0 Å². The quantitative estimate of drug-likeness (QED) is 0.692. The van der Waals surface area contributed by atoms with Gasteiger partial charge in [-0.3, -0.25) is 0 Å². The first kappa shape index (κ1) is 16.8. The molecule has 0 saturated heterocycles. The monoisotopic (exact) mass is 372 g/mol. The predicted octanol–water partition coefficient (Wildman–Crippen LogP) is 4.17. The maximum absolute atomic E-state index is 12.8. The van der Waals surface area contributed by atoms with Gasteiger partial charge in [0.1, 0.15) is 15.4 Å². The molecular formula is C15H11F3N2O2S2. The van der Waals surface area contributed by atoms with E-state index in [2.05, 4.69) is 9.97 Å². The molecule has 0 amide bonds. The van der Waals surface area contributed by atoms with Gasteiger partial charge < -0.3 is 0 Å². The number of thiazole rings is 1. The summed E-state index contributed by atoms with van der Waals surface area (Å²) in [5.41, 5.74) is -0.425. The number of pyridine rings is 1. The Kier molecular flexibility index (Phi) is 4.08. The average molecular weight is 372 g/mol. The highest BCUT2D eigenvalue weighted by Gasteiger charge is 2.31. The van der Waals surface area contributed by atoms with Crippen molar-refractivity contribution in [3.05, 3.63) is 42.1 Å². The lowest BCUT2D eigenvalue weighted by atomic mass is 10.2. The Labute approximate surface area is 139 Å². The van der Waals surface area contributed by atoms with Crippen molar-refractivity contribution in [2.75, 3.05) is 5.75 Å². The van der Waals surface area contributed by atoms with Crippen LogP contribution in [-0.4, -0.2) is 24.1 Å². The third kappa shape index (κ3) is 3.01. The standard InChI is InChI=1S/C15H11F3N2O2S2/c1-2-24(21,22)12-6-4-3-5-10(12)13-20-11-7-9(15(16,17)18)8-19-14(11)23-13/h3-8H,2H2,1H3. The van der Waals surface area contributed by atoms with Crippen molar-refractivity contribution < 1.29 is 21.6 Å². The maximum atomic E-state index is 12.8. The molecule has 126 valence electrons. The molecular weight excluding hydrogens is 361 g/mol. The Hall–Kier alpha value is -2.00. The molecule has 2 aromatic heterocycles. The van der Waals surface area contributed by atoms with Crippen molar-refractivity contribution in [3.8, 4) is 10.6 Å². The molecule has 0 radical (unpaired) electrons. The summed E-state index contributed by atoms with van der Waals surface area (Å²) in [5.74, 6) is -0.0780. The zero-order valence-electron chi connectivity index (χ0n) is 12.3. The Morgan fingerprint density at radius 1 is 1.21 bits per heavy atom. The predicted molar refractivity (Wildman–Crippen MR) is 85.6 cm³/mol. The molecule has 0 aliphatic carbocycles. The van der Waals surface area contributed by atoms with Crippen LogP contribution in [-0.2, 0) is 16.0 Å². The summed E-state index contributed by atoms with van der Waals surface area (Å²) in [6.45, 7) is 1.53. The first-order chi connectivity index (χ1) is 11.2. The Morgan fingerprint density at radius 2 is 1.92 bits per heavy atom. The molecule has 4 nitrogen and oxygen atoms in total. The lowest BCUT2D eigenvalue weighted by molar-refractivity contribution is -0.137. The van der Waals surface area contributed by atoms with Crippen molar-refractivity contribution in [1.82, 2.24) is 9.97 Å². The first-order valence-electron chi connectivity index (χ1n) is 6.88. The van der Waals surface area contributed by atoms with Crippen LogP contribution in [0.2, 0.25) is 0 Å². The largest absolute Gasteiger partial charge is 0.417 e. The van der Waals surface area contributed by atoms with Gasteiger partial charge in [-0.15, -0.1) is 0 Å². The Morgan fingerprint density at radius 3 is 2.58 bits per heavy atom. The normalized spacial score (nSPS) is 12.7. The molecule has 0 spiro atoms. The summed E-state index contributed by atoms with van der Waals surface area (Å²) in [6, 6.07) is 7.23. The van der Waals surface area contributed by atoms with E-state index < -0.39 is 21.6 Å². The van der Waals surface area contributed by atoms with Crippen LogP contribution in [0.1, 0.15) is 12.5 Å². The second kappa shape index (κ2) is 5.82. The van der Waals surface area contributed by atoms with Crippen LogP contribution in [0.5, 0.6) is 0 Å². The molecule has 3 aromatic rings. The number of nitrogens with zero attached hydrogens (tertiary/aromatic N) is 2. The van der Waals surface area contributed by atoms with E-state index in [1.807, 2.05) is 0 Å². The molecule has 2 heterocycles. The molecule has 0 atom stereocenters. The topological polar surface area (TPSA) is 59.9 Å². The first-order valence-corrected chi connectivity index (χ1v) is 9.35. The Balaban J connectivity index is 2.18. The fraction of sp³-hybridized carbons (Fsp3) is 0.200. The van der Waals surface area contributed by atoms with Crippen LogP contribution in [0.25, 0.3) is 20.9 Å². The average Bonchev–Trinajstić information content (AvgIpc) is 2.97. The number of aromatic nitrogens is 2. The van der Waals surface area contributed by atoms with Gasteiger partial charge in [0.15, 0.2) is 9.84 Å². The van der Waals surface area contributed by atoms with E-state index in [0.29, 0.717) is 15.4 Å². The van der Waals surface area contributed by atoms with Gasteiger partial charge in [0.25, 0.3) is 0 Å². The van der Waals surface area contributed by atoms with Gasteiger partial charge in [0.2, 0.25) is 0 Å². The minimum atomic E-state index is -4.51. The van der Waals surface area contributed by atoms with Crippen LogP contribution in [0.4, 0.5) is 13.2 Å². The second-order valence-electron chi connectivity index (χ2n) is 4.96. The molecule has 0 bridgehead atoms. The van der Waals surface area contributed by atoms with Gasteiger partial charge in [0.05, 0.1) is 16.2 Å². The minimum absolute atomic E-state index is 0.0780. The molecule has 0 saturated carbocycles. The highest BCUT2D eigenvalue weighted by molar-refractivity contribution is 7.91. The van der Waals surface area contributed by atoms with Gasteiger partial charge >= 0.3 is 6.18 Å². The molecule has 3 rings (SSSR count). The van der Waals surface area contributed by atoms with E-state index in [1.165, 1.54) is 13.0 Å². The molecule has 0 unspecified atom stereocenters. The third-order valence-corrected chi connectivity index (χ3v) is 6.21. The number of sulfone groups is 1. The molecule has 24 heavy (non-hydrogen) atoms. The number of fused-ring (bicyclic) bond motifs is 1. The molecule has 0 N–H and O–H groups in total. The van der Waals surface area contributed by atoms with Crippen LogP contribution in [0.3, 0.4) is 0 Å². The van der Waals surface area contributed by atoms with Crippen molar-refractivity contribution in [1.29, 1.82) is 0 Å². The summed E-state index contributed by atoms with van der Waals surface area (Å²) >= 11 is 1.06. The maximum Gasteiger partial charge on any atom is 0.417 e. The molecule has 0 fully saturated rings. The number of rotatable bonds is 3. The highest BCUT2D eigenvalue weighted by atomic mass is 32.2. The summed E-state index contributed by atoms with van der Waals surface area (Å²) in [6.07, 6.45) is -3.76. The van der Waals surface area contributed by atoms with Crippen LogP contribution >= 0.6 is 11.3 Å². The van der Waals surface area contributed by atoms with E-state index in [9.17, 15) is 21.6 Å². The summed E-state index contributed by atoms with van der Waals surface area (Å²) in [5, 5.41) is 0.324. The van der Waals surface area contributed by atoms with E-state index in [-0.39, 0.29) is 16.2 Å². The van der Waals surface area contributed by atoms with E-state index in [0.717, 1.165) is 23.6 Å². The van der Waals surface area contributed by atoms with Crippen LogP contribution in [0.15, 0.2) is 41.4 Å². The number of halogens is 3. The molecule has 0 aliphatic rings. The Bertz CT molecular complexity index is 1010. The third-order valence-electron chi connectivity index (χ3n) is 3.41. The van der Waals surface area contributed by atoms with Crippen molar-refractivity contribution in [2.45, 2.75) is 18.0 Å². The number of hydrogen-bond acceptors (Lipinski definition) is 5. The van der Waals surface area contributed by atoms with Gasteiger partial charge in [-0.05, 0) is 12.1 Å². The summed E-state index contributed by atoms with van der Waals surface area (Å²) in [4.78, 5) is 8.38. The van der Waals surface area contributed by atoms with E-state index in [4.69, 9.17) is 0 Å². The van der Waals surface area contributed by atoms with Gasteiger partial charge in [0, 0.05) is 11.8 Å². The zero-order chi connectivity index (χ0) is 17.5. The van der Waals surface area contributed by atoms with Gasteiger partial charge in [-0.1, -0.05) is 36.5 Å². The lowest BCUT2D eigenvalue weighted by Gasteiger charge is -2.06. The number of alkyl halides is 3. The number of hydrogen-bond donors (Lipinski definition) is 0. The fourth-order valence-corrected chi connectivity index (χ4v) is 4.25. The van der Waals surface area contributed by atoms with Gasteiger partial charge in [-0.25, -0.2) is 18.4 Å². The molecule has 9 heteroatoms. The van der Waals surface area contributed by atoms with Crippen molar-refractivity contribution >= 4 is 31.5 Å². The lowest BCUT2D eigenvalue weighted by Crippen LogP contribution is -2.05. The van der Waals surface area contributed by atoms with Crippen LogP contribution < -0.4 is 0 Å². The molecule has 0 aliphatic heterocycles. The SMILES string of the molecule is CCS(=O)(=O)c1ccccc1-c1nc2cc(C(F)(F)F)cnc2s1. The van der Waals surface area contributed by atoms with E-state index in [1.54, 1.807) is 18.2 Å². The van der Waals surface area contributed by atoms with Crippen LogP contribution in [0, 0.1) is 0 Å². The minimum Gasteiger partial charge on any atom is -0.243 e. The van der Waals surface area contributed by atoms with Crippen molar-refractivity contribution in [2.24, 2.45) is 0 Å². The zero-order valence-corrected chi connectivity index (χ0v) is 14.0. The number of benzene rings is 1. The second-order valence-corrected chi connectivity index (χ2v) is 8.19. The fourth-order valence-electron chi connectivity index (χ4n) is 2.16. The summed E-state index contributed by atoms with van der Waals surface area (Å²) in [7, 11) is -3.48. The summed E-state index contributed by atoms with van der Waals surface area (Å²) < 4.78 is 62.7. The smallest absolute Gasteiger partial charge is 0.243 e. The van der Waals surface area contributed by atoms with Gasteiger partial charge in [-0.2, -0.15) is 13.2 Å². The van der Waals surface area contributed by atoms with E-state index >= 15 is 0 Å². The highest BCUT2D eigenvalue weighted by Crippen LogP contribution is 2.36. The molecule has 1 aromatic carbocycles.